The Balaban J connectivity index is 1.52. The smallest absolute Gasteiger partial charge is 0.239 e. The molecule has 0 bridgehead atoms. The number of amides is 1. The Hall–Kier alpha value is -4.97. The number of oxime groups is 1. The van der Waals surface area contributed by atoms with Gasteiger partial charge in [0.1, 0.15) is 42.4 Å². The number of unbranched alkanes of at least 4 members (excludes halogenated alkanes) is 2. The summed E-state index contributed by atoms with van der Waals surface area (Å²) in [4.78, 5) is 33.2. The van der Waals surface area contributed by atoms with Gasteiger partial charge in [-0.05, 0) is 91.1 Å². The third-order valence-electron chi connectivity index (χ3n) is 11.4. The SMILES string of the molecule is C=CCO[C@@]12Oc3ccc(Oc4cccc(C=O)c4)cc3[C@H]3[C@H](CCCCO)[C@@H](CCCCO)C=C(C(=NOC)C[C@@H]1N(C)C(=O)Cc1cccc(OC)c1)[C@H]32. The fraction of sp³-hybridized carbons (Fsp3) is 0.444. The van der Waals surface area contributed by atoms with Crippen LogP contribution in [-0.4, -0.2) is 85.9 Å². The standard InChI is InChI=1S/C45H54N2O9/c1-5-22-54-45-41(47(2)42(51)25-30-12-10-15-33(23-30)52-3)28-39(46-53-4)37-26-32(14-6-8-20-48)36(17-7-9-21-49)43(44(37)45)38-27-35(18-19-40(38)56-45)55-34-16-11-13-31(24-34)29-50/h5,10-13,15-16,18-19,23-24,26-27,29,32,36,41,43-44,48-49H,1,6-9,14,17,20-22,25,28H2,2-4H3/t32-,36+,41-,43+,44+,45+/m0/s1. The zero-order valence-corrected chi connectivity index (χ0v) is 32.6. The first-order chi connectivity index (χ1) is 27.3. The number of carbonyl (C=O) groups is 2. The van der Waals surface area contributed by atoms with E-state index in [-0.39, 0.29) is 49.9 Å². The zero-order chi connectivity index (χ0) is 39.7. The number of carbonyl (C=O) groups excluding carboxylic acids is 2. The largest absolute Gasteiger partial charge is 0.497 e. The summed E-state index contributed by atoms with van der Waals surface area (Å²) in [5.41, 5.74) is 3.93. The van der Waals surface area contributed by atoms with Crippen molar-refractivity contribution in [2.24, 2.45) is 22.9 Å². The molecule has 3 aliphatic rings. The van der Waals surface area contributed by atoms with E-state index in [1.54, 1.807) is 43.3 Å². The minimum Gasteiger partial charge on any atom is -0.497 e. The Bertz CT molecular complexity index is 1910. The third-order valence-corrected chi connectivity index (χ3v) is 11.4. The first-order valence-electron chi connectivity index (χ1n) is 19.5. The van der Waals surface area contributed by atoms with E-state index < -0.39 is 17.7 Å². The van der Waals surface area contributed by atoms with Crippen LogP contribution >= 0.6 is 0 Å². The average molecular weight is 767 g/mol. The highest BCUT2D eigenvalue weighted by molar-refractivity contribution is 6.03. The Morgan fingerprint density at radius 1 is 0.982 bits per heavy atom. The number of allylic oxidation sites excluding steroid dienone is 1. The maximum absolute atomic E-state index is 14.3. The molecule has 2 aliphatic carbocycles. The molecule has 6 rings (SSSR count). The third kappa shape index (κ3) is 8.55. The zero-order valence-electron chi connectivity index (χ0n) is 32.6. The lowest BCUT2D eigenvalue weighted by molar-refractivity contribution is -0.255. The van der Waals surface area contributed by atoms with E-state index in [4.69, 9.17) is 23.8 Å². The molecule has 0 radical (unpaired) electrons. The van der Waals surface area contributed by atoms with Gasteiger partial charge < -0.3 is 38.9 Å². The number of benzene rings is 3. The summed E-state index contributed by atoms with van der Waals surface area (Å²) >= 11 is 0. The number of rotatable bonds is 19. The molecular formula is C45H54N2O9. The number of hydrogen-bond donors (Lipinski definition) is 2. The minimum atomic E-state index is -1.35. The van der Waals surface area contributed by atoms with Crippen molar-refractivity contribution in [2.45, 2.75) is 69.1 Å². The van der Waals surface area contributed by atoms with E-state index >= 15 is 0 Å². The molecular weight excluding hydrogens is 712 g/mol. The topological polar surface area (TPSA) is 136 Å². The van der Waals surface area contributed by atoms with Gasteiger partial charge in [-0.15, -0.1) is 6.58 Å². The van der Waals surface area contributed by atoms with Gasteiger partial charge in [0.25, 0.3) is 0 Å². The van der Waals surface area contributed by atoms with Crippen LogP contribution in [-0.2, 0) is 20.8 Å². The van der Waals surface area contributed by atoms with Crippen LogP contribution in [0, 0.1) is 17.8 Å². The molecule has 1 fully saturated rings. The second-order valence-electron chi connectivity index (χ2n) is 14.8. The first-order valence-corrected chi connectivity index (χ1v) is 19.5. The van der Waals surface area contributed by atoms with Crippen molar-refractivity contribution in [2.75, 3.05) is 41.1 Å². The Morgan fingerprint density at radius 2 is 1.73 bits per heavy atom. The van der Waals surface area contributed by atoms with Crippen LogP contribution in [0.4, 0.5) is 0 Å². The summed E-state index contributed by atoms with van der Waals surface area (Å²) in [7, 11) is 4.93. The molecule has 1 amide bonds. The van der Waals surface area contributed by atoms with Crippen molar-refractivity contribution in [1.29, 1.82) is 0 Å². The molecule has 1 heterocycles. The summed E-state index contributed by atoms with van der Waals surface area (Å²) < 4.78 is 26.0. The first kappa shape index (κ1) is 40.7. The van der Waals surface area contributed by atoms with Crippen LogP contribution in [0.25, 0.3) is 0 Å². The van der Waals surface area contributed by atoms with Crippen molar-refractivity contribution in [3.05, 3.63) is 108 Å². The fourth-order valence-corrected chi connectivity index (χ4v) is 8.94. The lowest BCUT2D eigenvalue weighted by atomic mass is 9.55. The summed E-state index contributed by atoms with van der Waals surface area (Å²) in [5, 5.41) is 24.3. The average Bonchev–Trinajstić information content (AvgIpc) is 3.21. The molecule has 11 nitrogen and oxygen atoms in total. The molecule has 0 unspecified atom stereocenters. The van der Waals surface area contributed by atoms with Crippen molar-refractivity contribution < 1.29 is 43.6 Å². The van der Waals surface area contributed by atoms with Gasteiger partial charge in [0.2, 0.25) is 11.7 Å². The van der Waals surface area contributed by atoms with Crippen molar-refractivity contribution in [3.8, 4) is 23.0 Å². The molecule has 1 aliphatic heterocycles. The summed E-state index contributed by atoms with van der Waals surface area (Å²) in [6, 6.07) is 19.7. The highest BCUT2D eigenvalue weighted by Crippen LogP contribution is 2.62. The normalized spacial score (nSPS) is 24.2. The molecule has 11 heteroatoms. The van der Waals surface area contributed by atoms with Gasteiger partial charge in [-0.25, -0.2) is 0 Å². The molecule has 0 spiro atoms. The van der Waals surface area contributed by atoms with Crippen LogP contribution in [0.1, 0.15) is 72.3 Å². The lowest BCUT2D eigenvalue weighted by Gasteiger charge is -2.59. The summed E-state index contributed by atoms with van der Waals surface area (Å²) in [5.74, 6) is 0.463. The van der Waals surface area contributed by atoms with Crippen molar-refractivity contribution in [3.63, 3.8) is 0 Å². The highest BCUT2D eigenvalue weighted by Gasteiger charge is 2.65. The van der Waals surface area contributed by atoms with E-state index in [1.807, 2.05) is 48.5 Å². The van der Waals surface area contributed by atoms with Gasteiger partial charge in [-0.3, -0.25) is 9.59 Å². The predicted molar refractivity (Wildman–Crippen MR) is 213 cm³/mol. The maximum Gasteiger partial charge on any atom is 0.239 e. The van der Waals surface area contributed by atoms with E-state index in [9.17, 15) is 19.8 Å². The molecule has 2 N–H and O–H groups in total. The van der Waals surface area contributed by atoms with Gasteiger partial charge in [-0.2, -0.15) is 0 Å². The van der Waals surface area contributed by atoms with Crippen LogP contribution in [0.2, 0.25) is 0 Å². The van der Waals surface area contributed by atoms with Gasteiger partial charge in [-0.1, -0.05) is 54.4 Å². The molecule has 1 saturated carbocycles. The van der Waals surface area contributed by atoms with Crippen molar-refractivity contribution in [1.82, 2.24) is 4.90 Å². The fourth-order valence-electron chi connectivity index (χ4n) is 8.94. The monoisotopic (exact) mass is 766 g/mol. The molecule has 56 heavy (non-hydrogen) atoms. The molecule has 0 saturated heterocycles. The van der Waals surface area contributed by atoms with Crippen LogP contribution in [0.3, 0.4) is 0 Å². The van der Waals surface area contributed by atoms with E-state index in [1.165, 1.54) is 7.11 Å². The lowest BCUT2D eigenvalue weighted by Crippen LogP contribution is -2.69. The van der Waals surface area contributed by atoms with Gasteiger partial charge in [0, 0.05) is 43.7 Å². The molecule has 6 atom stereocenters. The van der Waals surface area contributed by atoms with E-state index in [0.717, 1.165) is 54.4 Å². The molecule has 3 aromatic carbocycles. The Labute approximate surface area is 329 Å². The summed E-state index contributed by atoms with van der Waals surface area (Å²) in [6.45, 7) is 4.36. The van der Waals surface area contributed by atoms with E-state index in [0.29, 0.717) is 47.8 Å². The number of ether oxygens (including phenoxy) is 4. The number of aliphatic hydroxyl groups excluding tert-OH is 2. The number of fused-ring (bicyclic) bond motifs is 2. The maximum atomic E-state index is 14.3. The molecule has 0 aromatic heterocycles. The van der Waals surface area contributed by atoms with Crippen LogP contribution < -0.4 is 14.2 Å². The minimum absolute atomic E-state index is 0.0670. The van der Waals surface area contributed by atoms with Gasteiger partial charge in [0.15, 0.2) is 0 Å². The second-order valence-corrected chi connectivity index (χ2v) is 14.8. The van der Waals surface area contributed by atoms with Crippen LogP contribution in [0.5, 0.6) is 23.0 Å². The Morgan fingerprint density at radius 3 is 2.46 bits per heavy atom. The summed E-state index contributed by atoms with van der Waals surface area (Å²) in [6.07, 6.45) is 9.86. The number of aliphatic hydroxyl groups is 2. The quantitative estimate of drug-likeness (QED) is 0.0559. The predicted octanol–water partition coefficient (Wildman–Crippen LogP) is 7.26. The number of hydrogen-bond acceptors (Lipinski definition) is 10. The number of methoxy groups -OCH3 is 1. The molecule has 3 aromatic rings. The molecule has 298 valence electrons. The van der Waals surface area contributed by atoms with Gasteiger partial charge in [0.05, 0.1) is 31.8 Å². The van der Waals surface area contributed by atoms with Crippen LogP contribution in [0.15, 0.2) is 96.2 Å². The number of nitrogens with zero attached hydrogens (tertiary/aromatic N) is 2. The van der Waals surface area contributed by atoms with E-state index in [2.05, 4.69) is 17.8 Å². The number of aldehydes is 1. The van der Waals surface area contributed by atoms with Crippen molar-refractivity contribution >= 4 is 17.9 Å². The highest BCUT2D eigenvalue weighted by atomic mass is 16.7. The second kappa shape index (κ2) is 18.8. The Kier molecular flexibility index (Phi) is 13.6. The number of likely N-dealkylation sites (N-methyl/N-ethyl adjacent to an activating group) is 1. The van der Waals surface area contributed by atoms with Gasteiger partial charge >= 0.3 is 0 Å².